The van der Waals surface area contributed by atoms with Crippen molar-refractivity contribution in [3.8, 4) is 0 Å². The van der Waals surface area contributed by atoms with Crippen LogP contribution in [0.2, 0.25) is 0 Å². The minimum atomic E-state index is -0.120. The zero-order chi connectivity index (χ0) is 18.7. The van der Waals surface area contributed by atoms with Gasteiger partial charge in [-0.15, -0.1) is 0 Å². The van der Waals surface area contributed by atoms with Crippen molar-refractivity contribution in [3.63, 3.8) is 0 Å². The number of aromatic nitrogens is 1. The lowest BCUT2D eigenvalue weighted by molar-refractivity contribution is 0.0977. The Labute approximate surface area is 161 Å². The van der Waals surface area contributed by atoms with E-state index in [-0.39, 0.29) is 17.3 Å². The molecule has 3 nitrogen and oxygen atoms in total. The van der Waals surface area contributed by atoms with Crippen LogP contribution >= 0.6 is 15.9 Å². The number of ketones is 1. The average molecular weight is 410 g/mol. The molecule has 0 saturated carbocycles. The van der Waals surface area contributed by atoms with E-state index in [1.165, 1.54) is 10.6 Å². The summed E-state index contributed by atoms with van der Waals surface area (Å²) >= 11 is 3.47. The first-order valence-electron chi connectivity index (χ1n) is 8.46. The maximum Gasteiger partial charge on any atom is 0.250 e. The first-order chi connectivity index (χ1) is 12.5. The summed E-state index contributed by atoms with van der Waals surface area (Å²) in [5.41, 5.74) is 3.84. The van der Waals surface area contributed by atoms with Crippen molar-refractivity contribution in [3.05, 3.63) is 104 Å². The van der Waals surface area contributed by atoms with Crippen molar-refractivity contribution < 1.29 is 4.79 Å². The van der Waals surface area contributed by atoms with Crippen LogP contribution in [-0.2, 0) is 7.05 Å². The van der Waals surface area contributed by atoms with Gasteiger partial charge in [-0.1, -0.05) is 52.3 Å². The fourth-order valence-electron chi connectivity index (χ4n) is 3.14. The molecule has 3 rings (SSSR count). The molecule has 1 aromatic heterocycles. The third-order valence-electron chi connectivity index (χ3n) is 4.63. The lowest BCUT2D eigenvalue weighted by Gasteiger charge is -2.20. The molecule has 0 aliphatic heterocycles. The highest BCUT2D eigenvalue weighted by Gasteiger charge is 2.21. The van der Waals surface area contributed by atoms with Crippen LogP contribution in [0.15, 0.2) is 76.1 Å². The molecule has 0 aliphatic carbocycles. The number of aryl methyl sites for hydroxylation is 2. The maximum atomic E-state index is 12.9. The van der Waals surface area contributed by atoms with Gasteiger partial charge in [0.2, 0.25) is 5.56 Å². The van der Waals surface area contributed by atoms with Crippen molar-refractivity contribution in [2.75, 3.05) is 0 Å². The van der Waals surface area contributed by atoms with Crippen molar-refractivity contribution in [2.24, 2.45) is 7.05 Å². The normalized spacial score (nSPS) is 12.0. The molecule has 0 radical (unpaired) electrons. The Balaban J connectivity index is 1.99. The Morgan fingerprint density at radius 1 is 1.04 bits per heavy atom. The largest absolute Gasteiger partial charge is 0.318 e. The van der Waals surface area contributed by atoms with Crippen LogP contribution in [0.4, 0.5) is 0 Å². The molecular formula is C22H20BrNO2. The number of hydrogen-bond donors (Lipinski definition) is 0. The summed E-state index contributed by atoms with van der Waals surface area (Å²) in [5, 5.41) is 0. The molecule has 0 bridgehead atoms. The SMILES string of the molecule is Cc1ccccc1C(CC(=O)c1ccc(=O)n(C)c1)c1ccc(Br)cc1. The van der Waals surface area contributed by atoms with Crippen LogP contribution in [0.3, 0.4) is 0 Å². The van der Waals surface area contributed by atoms with E-state index in [9.17, 15) is 9.59 Å². The third-order valence-corrected chi connectivity index (χ3v) is 5.16. The van der Waals surface area contributed by atoms with Crippen LogP contribution in [0, 0.1) is 6.92 Å². The number of Topliss-reactive ketones (excluding diaryl/α,β-unsaturated/α-hetero) is 1. The topological polar surface area (TPSA) is 39.1 Å². The van der Waals surface area contributed by atoms with Crippen molar-refractivity contribution in [2.45, 2.75) is 19.3 Å². The van der Waals surface area contributed by atoms with Gasteiger partial charge in [-0.25, -0.2) is 0 Å². The monoisotopic (exact) mass is 409 g/mol. The number of hydrogen-bond acceptors (Lipinski definition) is 2. The van der Waals surface area contributed by atoms with E-state index in [1.807, 2.05) is 24.3 Å². The predicted molar refractivity (Wildman–Crippen MR) is 108 cm³/mol. The predicted octanol–water partition coefficient (Wildman–Crippen LogP) is 4.86. The summed E-state index contributed by atoms with van der Waals surface area (Å²) in [5.74, 6) is -0.00851. The molecule has 1 unspecified atom stereocenters. The highest BCUT2D eigenvalue weighted by atomic mass is 79.9. The third kappa shape index (κ3) is 4.02. The van der Waals surface area contributed by atoms with E-state index < -0.39 is 0 Å². The van der Waals surface area contributed by atoms with Crippen LogP contribution in [0.5, 0.6) is 0 Å². The summed E-state index contributed by atoms with van der Waals surface area (Å²) in [6.45, 7) is 2.07. The molecule has 2 aromatic carbocycles. The van der Waals surface area contributed by atoms with E-state index in [4.69, 9.17) is 0 Å². The van der Waals surface area contributed by atoms with Gasteiger partial charge >= 0.3 is 0 Å². The highest BCUT2D eigenvalue weighted by molar-refractivity contribution is 9.10. The Bertz CT molecular complexity index is 990. The fourth-order valence-corrected chi connectivity index (χ4v) is 3.41. The van der Waals surface area contributed by atoms with Gasteiger partial charge in [0, 0.05) is 41.7 Å². The molecular weight excluding hydrogens is 390 g/mol. The van der Waals surface area contributed by atoms with Gasteiger partial charge in [0.25, 0.3) is 0 Å². The minimum absolute atomic E-state index is 0.0248. The second kappa shape index (κ2) is 7.83. The summed E-state index contributed by atoms with van der Waals surface area (Å²) in [7, 11) is 1.66. The highest BCUT2D eigenvalue weighted by Crippen LogP contribution is 2.32. The lowest BCUT2D eigenvalue weighted by Crippen LogP contribution is -2.17. The molecule has 0 saturated heterocycles. The van der Waals surface area contributed by atoms with E-state index in [1.54, 1.807) is 19.3 Å². The van der Waals surface area contributed by atoms with E-state index in [2.05, 4.69) is 47.1 Å². The number of nitrogens with zero attached hydrogens (tertiary/aromatic N) is 1. The van der Waals surface area contributed by atoms with Gasteiger partial charge in [-0.05, 0) is 41.8 Å². The molecule has 0 fully saturated rings. The van der Waals surface area contributed by atoms with E-state index in [0.29, 0.717) is 12.0 Å². The van der Waals surface area contributed by atoms with Gasteiger partial charge in [0.05, 0.1) is 0 Å². The summed E-state index contributed by atoms with van der Waals surface area (Å²) in [6.07, 6.45) is 1.96. The summed E-state index contributed by atoms with van der Waals surface area (Å²) < 4.78 is 2.45. The minimum Gasteiger partial charge on any atom is -0.318 e. The molecule has 0 spiro atoms. The number of halogens is 1. The van der Waals surface area contributed by atoms with Crippen LogP contribution in [0.1, 0.15) is 39.4 Å². The van der Waals surface area contributed by atoms with Gasteiger partial charge < -0.3 is 4.57 Å². The van der Waals surface area contributed by atoms with Crippen molar-refractivity contribution in [1.29, 1.82) is 0 Å². The maximum absolute atomic E-state index is 12.9. The zero-order valence-electron chi connectivity index (χ0n) is 14.8. The second-order valence-corrected chi connectivity index (χ2v) is 7.37. The van der Waals surface area contributed by atoms with Crippen molar-refractivity contribution in [1.82, 2.24) is 4.57 Å². The van der Waals surface area contributed by atoms with Crippen LogP contribution < -0.4 is 5.56 Å². The average Bonchev–Trinajstić information content (AvgIpc) is 2.63. The van der Waals surface area contributed by atoms with Gasteiger partial charge in [-0.3, -0.25) is 9.59 Å². The number of pyridine rings is 1. The molecule has 1 atom stereocenters. The Morgan fingerprint density at radius 3 is 2.38 bits per heavy atom. The Morgan fingerprint density at radius 2 is 1.73 bits per heavy atom. The second-order valence-electron chi connectivity index (χ2n) is 6.45. The lowest BCUT2D eigenvalue weighted by atomic mass is 9.84. The number of carbonyl (C=O) groups is 1. The summed E-state index contributed by atoms with van der Waals surface area (Å²) in [4.78, 5) is 24.5. The molecule has 3 aromatic rings. The zero-order valence-corrected chi connectivity index (χ0v) is 16.4. The van der Waals surface area contributed by atoms with Crippen LogP contribution in [0.25, 0.3) is 0 Å². The number of rotatable bonds is 5. The van der Waals surface area contributed by atoms with Crippen molar-refractivity contribution >= 4 is 21.7 Å². The quantitative estimate of drug-likeness (QED) is 0.564. The Hall–Kier alpha value is -2.46. The van der Waals surface area contributed by atoms with E-state index in [0.717, 1.165) is 21.2 Å². The molecule has 132 valence electrons. The number of benzene rings is 2. The Kier molecular flexibility index (Phi) is 5.52. The molecule has 0 amide bonds. The van der Waals surface area contributed by atoms with Gasteiger partial charge in [-0.2, -0.15) is 0 Å². The molecule has 26 heavy (non-hydrogen) atoms. The molecule has 0 N–H and O–H groups in total. The first-order valence-corrected chi connectivity index (χ1v) is 9.26. The first kappa shape index (κ1) is 18.3. The van der Waals surface area contributed by atoms with Gasteiger partial charge in [0.1, 0.15) is 0 Å². The molecule has 4 heteroatoms. The smallest absolute Gasteiger partial charge is 0.250 e. The summed E-state index contributed by atoms with van der Waals surface area (Å²) in [6, 6.07) is 19.3. The van der Waals surface area contributed by atoms with Gasteiger partial charge in [0.15, 0.2) is 5.78 Å². The fraction of sp³-hybridized carbons (Fsp3) is 0.182. The number of carbonyl (C=O) groups excluding carboxylic acids is 1. The van der Waals surface area contributed by atoms with E-state index >= 15 is 0 Å². The molecule has 1 heterocycles. The standard InChI is InChI=1S/C22H20BrNO2/c1-15-5-3-4-6-19(15)20(16-7-10-18(23)11-8-16)13-21(25)17-9-12-22(26)24(2)14-17/h3-12,14,20H,13H2,1-2H3. The van der Waals surface area contributed by atoms with Crippen LogP contribution in [-0.4, -0.2) is 10.4 Å². The molecule has 0 aliphatic rings.